The summed E-state index contributed by atoms with van der Waals surface area (Å²) in [5.74, 6) is 1.71. The molecule has 0 aliphatic rings. The van der Waals surface area contributed by atoms with Gasteiger partial charge >= 0.3 is 0 Å². The number of guanidine groups is 1. The van der Waals surface area contributed by atoms with Crippen molar-refractivity contribution in [3.05, 3.63) is 72.2 Å². The molecule has 3 aromatic rings. The van der Waals surface area contributed by atoms with Gasteiger partial charge in [0.2, 0.25) is 0 Å². The molecule has 2 N–H and O–H groups in total. The smallest absolute Gasteiger partial charge is 0.191 e. The van der Waals surface area contributed by atoms with Gasteiger partial charge in [0.25, 0.3) is 0 Å². The van der Waals surface area contributed by atoms with Gasteiger partial charge in [-0.25, -0.2) is 9.67 Å². The summed E-state index contributed by atoms with van der Waals surface area (Å²) in [5, 5.41) is 10.9. The van der Waals surface area contributed by atoms with E-state index in [1.165, 1.54) is 5.56 Å². The molecule has 0 bridgehead atoms. The Hall–Kier alpha value is -3.35. The van der Waals surface area contributed by atoms with Crippen LogP contribution < -0.4 is 15.5 Å². The zero-order chi connectivity index (χ0) is 19.8. The van der Waals surface area contributed by atoms with E-state index in [-0.39, 0.29) is 0 Å². The summed E-state index contributed by atoms with van der Waals surface area (Å²) in [6, 6.07) is 16.4. The van der Waals surface area contributed by atoms with Crippen LogP contribution in [-0.4, -0.2) is 48.4 Å². The maximum atomic E-state index is 4.61. The highest BCUT2D eigenvalue weighted by Crippen LogP contribution is 2.09. The van der Waals surface area contributed by atoms with Crippen molar-refractivity contribution in [2.75, 3.05) is 32.6 Å². The summed E-state index contributed by atoms with van der Waals surface area (Å²) in [6.45, 7) is 1.42. The van der Waals surface area contributed by atoms with Crippen molar-refractivity contribution in [2.24, 2.45) is 4.99 Å². The third kappa shape index (κ3) is 5.33. The van der Waals surface area contributed by atoms with Gasteiger partial charge in [0, 0.05) is 40.1 Å². The lowest BCUT2D eigenvalue weighted by molar-refractivity contribution is 0.782. The van der Waals surface area contributed by atoms with Crippen LogP contribution in [0.1, 0.15) is 11.3 Å². The highest BCUT2D eigenvalue weighted by Gasteiger charge is 2.03. The van der Waals surface area contributed by atoms with E-state index in [4.69, 9.17) is 0 Å². The first-order valence-corrected chi connectivity index (χ1v) is 9.32. The lowest BCUT2D eigenvalue weighted by atomic mass is 10.1. The van der Waals surface area contributed by atoms with Crippen LogP contribution in [0.15, 0.2) is 65.9 Å². The molecular weight excluding hydrogens is 350 g/mol. The molecule has 3 rings (SSSR count). The van der Waals surface area contributed by atoms with Gasteiger partial charge in [-0.15, -0.1) is 0 Å². The van der Waals surface area contributed by atoms with Crippen LogP contribution in [0, 0.1) is 0 Å². The standard InChI is InChI=1S/C21H27N7/c1-22-21(24-16-18-6-4-7-20(26-18)27(2)3)23-14-12-17-8-10-19(11-9-17)28-15-5-13-25-28/h4-11,13,15H,12,14,16H2,1-3H3,(H2,22,23,24). The van der Waals surface area contributed by atoms with Crippen LogP contribution in [0.3, 0.4) is 0 Å². The van der Waals surface area contributed by atoms with E-state index in [1.54, 1.807) is 13.2 Å². The van der Waals surface area contributed by atoms with E-state index in [0.29, 0.717) is 6.54 Å². The number of anilines is 1. The van der Waals surface area contributed by atoms with Gasteiger partial charge in [-0.05, 0) is 42.3 Å². The zero-order valence-corrected chi connectivity index (χ0v) is 16.6. The minimum absolute atomic E-state index is 0.625. The van der Waals surface area contributed by atoms with E-state index in [1.807, 2.05) is 54.1 Å². The molecule has 0 aliphatic carbocycles. The largest absolute Gasteiger partial charge is 0.363 e. The molecule has 0 spiro atoms. The molecular formula is C21H27N7. The number of hydrogen-bond acceptors (Lipinski definition) is 4. The van der Waals surface area contributed by atoms with Crippen molar-refractivity contribution >= 4 is 11.8 Å². The predicted octanol–water partition coefficient (Wildman–Crippen LogP) is 2.24. The Balaban J connectivity index is 1.46. The third-order valence-corrected chi connectivity index (χ3v) is 4.32. The van der Waals surface area contributed by atoms with Crippen LogP contribution in [0.2, 0.25) is 0 Å². The molecule has 0 unspecified atom stereocenters. The zero-order valence-electron chi connectivity index (χ0n) is 16.6. The second-order valence-electron chi connectivity index (χ2n) is 6.60. The minimum Gasteiger partial charge on any atom is -0.363 e. The van der Waals surface area contributed by atoms with Crippen LogP contribution in [0.4, 0.5) is 5.82 Å². The van der Waals surface area contributed by atoms with Gasteiger partial charge < -0.3 is 15.5 Å². The first-order chi connectivity index (χ1) is 13.7. The van der Waals surface area contributed by atoms with Crippen molar-refractivity contribution in [1.29, 1.82) is 0 Å². The Morgan fingerprint density at radius 1 is 1.07 bits per heavy atom. The molecule has 0 saturated heterocycles. The van der Waals surface area contributed by atoms with Gasteiger partial charge in [-0.1, -0.05) is 18.2 Å². The average molecular weight is 377 g/mol. The molecule has 146 valence electrons. The fourth-order valence-electron chi connectivity index (χ4n) is 2.77. The molecule has 2 heterocycles. The molecule has 28 heavy (non-hydrogen) atoms. The molecule has 0 fully saturated rings. The highest BCUT2D eigenvalue weighted by molar-refractivity contribution is 5.79. The van der Waals surface area contributed by atoms with Crippen molar-refractivity contribution in [1.82, 2.24) is 25.4 Å². The lowest BCUT2D eigenvalue weighted by Crippen LogP contribution is -2.38. The minimum atomic E-state index is 0.625. The monoisotopic (exact) mass is 377 g/mol. The van der Waals surface area contributed by atoms with Crippen LogP contribution >= 0.6 is 0 Å². The van der Waals surface area contributed by atoms with Crippen LogP contribution in [-0.2, 0) is 13.0 Å². The molecule has 7 nitrogen and oxygen atoms in total. The SMILES string of the molecule is CN=C(NCCc1ccc(-n2cccn2)cc1)NCc1cccc(N(C)C)n1. The van der Waals surface area contributed by atoms with E-state index in [9.17, 15) is 0 Å². The molecule has 0 atom stereocenters. The fourth-order valence-corrected chi connectivity index (χ4v) is 2.77. The number of pyridine rings is 1. The van der Waals surface area contributed by atoms with E-state index in [0.717, 1.165) is 36.1 Å². The number of nitrogens with one attached hydrogen (secondary N) is 2. The number of benzene rings is 1. The summed E-state index contributed by atoms with van der Waals surface area (Å²) < 4.78 is 1.85. The fraction of sp³-hybridized carbons (Fsp3) is 0.286. The highest BCUT2D eigenvalue weighted by atomic mass is 15.3. The van der Waals surface area contributed by atoms with Gasteiger partial charge in [0.1, 0.15) is 5.82 Å². The Bertz CT molecular complexity index is 883. The van der Waals surface area contributed by atoms with Crippen LogP contribution in [0.5, 0.6) is 0 Å². The van der Waals surface area contributed by atoms with Crippen molar-refractivity contribution in [3.8, 4) is 5.69 Å². The van der Waals surface area contributed by atoms with Gasteiger partial charge in [0.15, 0.2) is 5.96 Å². The molecule has 0 radical (unpaired) electrons. The Kier molecular flexibility index (Phi) is 6.62. The van der Waals surface area contributed by atoms with Crippen LogP contribution in [0.25, 0.3) is 5.69 Å². The van der Waals surface area contributed by atoms with E-state index < -0.39 is 0 Å². The molecule has 0 aliphatic heterocycles. The summed E-state index contributed by atoms with van der Waals surface area (Å²) in [7, 11) is 5.75. The number of hydrogen-bond donors (Lipinski definition) is 2. The Labute approximate surface area is 166 Å². The van der Waals surface area contributed by atoms with Crippen molar-refractivity contribution < 1.29 is 0 Å². The summed E-state index contributed by atoms with van der Waals surface area (Å²) in [6.07, 6.45) is 4.63. The third-order valence-electron chi connectivity index (χ3n) is 4.32. The molecule has 0 saturated carbocycles. The predicted molar refractivity (Wildman–Crippen MR) is 114 cm³/mol. The normalized spacial score (nSPS) is 11.3. The summed E-state index contributed by atoms with van der Waals surface area (Å²) in [4.78, 5) is 10.9. The number of aliphatic imine (C=N–C) groups is 1. The molecule has 0 amide bonds. The van der Waals surface area contributed by atoms with Crippen molar-refractivity contribution in [3.63, 3.8) is 0 Å². The molecule has 1 aromatic carbocycles. The van der Waals surface area contributed by atoms with E-state index in [2.05, 4.69) is 50.0 Å². The Morgan fingerprint density at radius 2 is 1.89 bits per heavy atom. The summed E-state index contributed by atoms with van der Waals surface area (Å²) in [5.41, 5.74) is 3.30. The second-order valence-corrected chi connectivity index (χ2v) is 6.60. The quantitative estimate of drug-likeness (QED) is 0.488. The number of nitrogens with zero attached hydrogens (tertiary/aromatic N) is 5. The van der Waals surface area contributed by atoms with Gasteiger partial charge in [0.05, 0.1) is 17.9 Å². The topological polar surface area (TPSA) is 70.4 Å². The molecule has 2 aromatic heterocycles. The van der Waals surface area contributed by atoms with Crippen molar-refractivity contribution in [2.45, 2.75) is 13.0 Å². The van der Waals surface area contributed by atoms with Gasteiger partial charge in [-0.3, -0.25) is 4.99 Å². The summed E-state index contributed by atoms with van der Waals surface area (Å²) >= 11 is 0. The average Bonchev–Trinajstić information content (AvgIpc) is 3.26. The molecule has 7 heteroatoms. The van der Waals surface area contributed by atoms with Gasteiger partial charge in [-0.2, -0.15) is 5.10 Å². The second kappa shape index (κ2) is 9.55. The first-order valence-electron chi connectivity index (χ1n) is 9.32. The van der Waals surface area contributed by atoms with E-state index >= 15 is 0 Å². The number of rotatable bonds is 7. The maximum absolute atomic E-state index is 4.61. The Morgan fingerprint density at radius 3 is 2.57 bits per heavy atom. The number of aromatic nitrogens is 3. The lowest BCUT2D eigenvalue weighted by Gasteiger charge is -2.14. The first kappa shape index (κ1) is 19.4. The maximum Gasteiger partial charge on any atom is 0.191 e.